The van der Waals surface area contributed by atoms with Crippen molar-refractivity contribution in [1.29, 1.82) is 0 Å². The Hall–Kier alpha value is -1.09. The zero-order valence-electron chi connectivity index (χ0n) is 5.16. The molecule has 1 heterocycles. The molecule has 49 valence electrons. The molecule has 0 saturated carbocycles. The maximum absolute atomic E-state index is 9.02. The molecule has 0 spiro atoms. The number of hydrogen-bond acceptors (Lipinski definition) is 1. The van der Waals surface area contributed by atoms with Crippen molar-refractivity contribution in [3.8, 4) is 0 Å². The molecule has 0 unspecified atom stereocenters. The molecule has 1 aromatic heterocycles. The summed E-state index contributed by atoms with van der Waals surface area (Å²) in [4.78, 5) is 3.10. The quantitative estimate of drug-likeness (QED) is 0.578. The van der Waals surface area contributed by atoms with Gasteiger partial charge in [-0.15, -0.1) is 5.41 Å². The molecular weight excluding hydrogens is 144 g/mol. The van der Waals surface area contributed by atoms with Crippen LogP contribution in [0.25, 0.3) is 10.2 Å². The van der Waals surface area contributed by atoms with E-state index >= 15 is 0 Å². The van der Waals surface area contributed by atoms with Crippen LogP contribution in [0.5, 0.6) is 0 Å². The minimum atomic E-state index is 0.265. The topological polar surface area (TPSA) is 38.1 Å². The molecule has 1 N–H and O–H groups in total. The molecule has 2 rings (SSSR count). The van der Waals surface area contributed by atoms with Crippen molar-refractivity contribution in [2.75, 3.05) is 0 Å². The van der Waals surface area contributed by atoms with E-state index in [2.05, 4.69) is 4.98 Å². The van der Waals surface area contributed by atoms with Crippen molar-refractivity contribution < 1.29 is 0 Å². The van der Waals surface area contributed by atoms with Crippen LogP contribution in [-0.2, 0) is 0 Å². The van der Waals surface area contributed by atoms with Gasteiger partial charge in [-0.25, -0.2) is 0 Å². The zero-order chi connectivity index (χ0) is 6.97. The van der Waals surface area contributed by atoms with E-state index in [1.807, 2.05) is 24.3 Å². The highest BCUT2D eigenvalue weighted by Crippen LogP contribution is 2.11. The second kappa shape index (κ2) is 1.95. The van der Waals surface area contributed by atoms with E-state index in [1.165, 1.54) is 11.3 Å². The lowest BCUT2D eigenvalue weighted by molar-refractivity contribution is 1.32. The first-order chi connectivity index (χ1) is 4.86. The van der Waals surface area contributed by atoms with Crippen LogP contribution < -0.4 is 10.2 Å². The molecule has 0 aliphatic heterocycles. The Bertz CT molecular complexity index is 363. The number of para-hydroxylation sites is 1. The molecule has 10 heavy (non-hydrogen) atoms. The van der Waals surface area contributed by atoms with E-state index < -0.39 is 0 Å². The number of benzene rings is 1. The lowest BCUT2D eigenvalue weighted by atomic mass is 10.3. The predicted octanol–water partition coefficient (Wildman–Crippen LogP) is 0.930. The number of nitrogens with zero attached hydrogens (tertiary/aromatic N) is 1. The fourth-order valence-electron chi connectivity index (χ4n) is 0.904. The number of aromatic nitrogens is 1. The number of fused-ring (bicyclic) bond motifs is 1. The first kappa shape index (κ1) is 5.68. The summed E-state index contributed by atoms with van der Waals surface area (Å²) in [5.74, 6) is 0. The summed E-state index contributed by atoms with van der Waals surface area (Å²) in [6, 6.07) is 7.79. The van der Waals surface area contributed by atoms with E-state index in [0.717, 1.165) is 10.2 Å². The van der Waals surface area contributed by atoms with Gasteiger partial charge in [0.25, 0.3) is 0 Å². The number of nitrogens with one attached hydrogen (secondary N) is 1. The summed E-state index contributed by atoms with van der Waals surface area (Å²) in [6.45, 7) is 0. The number of aromatic amines is 1. The molecule has 0 fully saturated rings. The molecule has 0 atom stereocenters. The molecule has 0 bridgehead atoms. The molecule has 3 heteroatoms. The van der Waals surface area contributed by atoms with Gasteiger partial charge in [-0.1, -0.05) is 23.5 Å². The van der Waals surface area contributed by atoms with Gasteiger partial charge in [0.15, 0.2) is 0 Å². The molecule has 2 nitrogen and oxygen atoms in total. The Kier molecular flexibility index (Phi) is 1.11. The molecule has 0 aliphatic rings. The molecule has 1 radical (unpaired) electrons. The number of rotatable bonds is 0. The largest absolute Gasteiger partial charge is 0.329 e. The van der Waals surface area contributed by atoms with E-state index in [9.17, 15) is 0 Å². The normalized spacial score (nSPS) is 10.4. The Balaban J connectivity index is 3.01. The third-order valence-corrected chi connectivity index (χ3v) is 2.21. The zero-order valence-corrected chi connectivity index (χ0v) is 5.98. The lowest BCUT2D eigenvalue weighted by Gasteiger charge is -1.81. The summed E-state index contributed by atoms with van der Waals surface area (Å²) in [7, 11) is 0. The fraction of sp³-hybridized carbons (Fsp3) is 0. The second-order valence-electron chi connectivity index (χ2n) is 2.03. The number of H-pyrrole nitrogens is 1. The highest BCUT2D eigenvalue weighted by atomic mass is 32.1. The molecule has 0 aliphatic carbocycles. The van der Waals surface area contributed by atoms with Crippen LogP contribution in [-0.4, -0.2) is 4.98 Å². The average molecular weight is 149 g/mol. The summed E-state index contributed by atoms with van der Waals surface area (Å²) < 4.78 is 1.08. The molecule has 0 saturated heterocycles. The SMILES string of the molecule is [N]=c1[nH]c2ccccc2s1. The van der Waals surface area contributed by atoms with Crippen LogP contribution in [0.2, 0.25) is 0 Å². The van der Waals surface area contributed by atoms with Crippen LogP contribution in [0, 0.1) is 0 Å². The second-order valence-corrected chi connectivity index (χ2v) is 3.06. The van der Waals surface area contributed by atoms with E-state index in [4.69, 9.17) is 5.41 Å². The van der Waals surface area contributed by atoms with E-state index in [0.29, 0.717) is 0 Å². The van der Waals surface area contributed by atoms with Crippen LogP contribution in [0.3, 0.4) is 0 Å². The summed E-state index contributed by atoms with van der Waals surface area (Å²) in [5.41, 5.74) is 0.991. The minimum absolute atomic E-state index is 0.265. The highest BCUT2D eigenvalue weighted by Gasteiger charge is 1.92. The van der Waals surface area contributed by atoms with Crippen LogP contribution in [0.4, 0.5) is 0 Å². The van der Waals surface area contributed by atoms with Gasteiger partial charge in [0.05, 0.1) is 10.2 Å². The van der Waals surface area contributed by atoms with Crippen LogP contribution in [0.15, 0.2) is 24.3 Å². The van der Waals surface area contributed by atoms with Gasteiger partial charge >= 0.3 is 0 Å². The van der Waals surface area contributed by atoms with Crippen LogP contribution >= 0.6 is 11.3 Å². The molecule has 1 aromatic carbocycles. The van der Waals surface area contributed by atoms with Gasteiger partial charge in [-0.05, 0) is 12.1 Å². The van der Waals surface area contributed by atoms with E-state index in [-0.39, 0.29) is 4.80 Å². The van der Waals surface area contributed by atoms with Gasteiger partial charge in [0.1, 0.15) is 0 Å². The molecular formula is C7H5N2S. The van der Waals surface area contributed by atoms with Gasteiger partial charge < -0.3 is 4.98 Å². The molecule has 2 aromatic rings. The van der Waals surface area contributed by atoms with Crippen molar-refractivity contribution in [2.45, 2.75) is 0 Å². The summed E-state index contributed by atoms with van der Waals surface area (Å²) in [6.07, 6.45) is 0. The van der Waals surface area contributed by atoms with Crippen molar-refractivity contribution in [2.24, 2.45) is 0 Å². The van der Waals surface area contributed by atoms with E-state index in [1.54, 1.807) is 0 Å². The summed E-state index contributed by atoms with van der Waals surface area (Å²) in [5, 5.41) is 9.02. The summed E-state index contributed by atoms with van der Waals surface area (Å²) >= 11 is 1.35. The van der Waals surface area contributed by atoms with Gasteiger partial charge in [-0.2, -0.15) is 0 Å². The Labute approximate surface area is 61.7 Å². The maximum Gasteiger partial charge on any atom is 0.209 e. The first-order valence-corrected chi connectivity index (χ1v) is 3.78. The lowest BCUT2D eigenvalue weighted by Crippen LogP contribution is -1.95. The minimum Gasteiger partial charge on any atom is -0.329 e. The van der Waals surface area contributed by atoms with Crippen molar-refractivity contribution in [3.63, 3.8) is 0 Å². The molecule has 0 amide bonds. The Morgan fingerprint density at radius 1 is 1.30 bits per heavy atom. The standard InChI is InChI=1S/C7H5N2S/c8-7-9-5-3-1-2-4-6(5)10-7/h1-4,9H. The number of hydrogen-bond donors (Lipinski definition) is 1. The monoisotopic (exact) mass is 149 g/mol. The van der Waals surface area contributed by atoms with Gasteiger partial charge in [0, 0.05) is 0 Å². The maximum atomic E-state index is 9.02. The van der Waals surface area contributed by atoms with Gasteiger partial charge in [0.2, 0.25) is 4.80 Å². The third-order valence-electron chi connectivity index (χ3n) is 1.34. The number of thiazole rings is 1. The van der Waals surface area contributed by atoms with Crippen LogP contribution in [0.1, 0.15) is 0 Å². The van der Waals surface area contributed by atoms with Crippen molar-refractivity contribution in [3.05, 3.63) is 29.1 Å². The van der Waals surface area contributed by atoms with Crippen molar-refractivity contribution >= 4 is 21.6 Å². The Morgan fingerprint density at radius 2 is 2.10 bits per heavy atom. The third kappa shape index (κ3) is 0.752. The smallest absolute Gasteiger partial charge is 0.209 e. The van der Waals surface area contributed by atoms with Gasteiger partial charge in [-0.3, -0.25) is 0 Å². The van der Waals surface area contributed by atoms with Crippen molar-refractivity contribution in [1.82, 2.24) is 10.4 Å². The Morgan fingerprint density at radius 3 is 2.90 bits per heavy atom. The highest BCUT2D eigenvalue weighted by molar-refractivity contribution is 7.16. The predicted molar refractivity (Wildman–Crippen MR) is 41.4 cm³/mol. The fourth-order valence-corrected chi connectivity index (χ4v) is 1.65. The average Bonchev–Trinajstić information content (AvgIpc) is 2.27. The first-order valence-electron chi connectivity index (χ1n) is 2.96.